The molecule has 29 heavy (non-hydrogen) atoms. The van der Waals surface area contributed by atoms with Crippen LogP contribution in [0.15, 0.2) is 47.4 Å². The van der Waals surface area contributed by atoms with Gasteiger partial charge in [-0.25, -0.2) is 9.59 Å². The highest BCUT2D eigenvalue weighted by Gasteiger charge is 2.12. The van der Waals surface area contributed by atoms with E-state index < -0.39 is 6.09 Å². The lowest BCUT2D eigenvalue weighted by Gasteiger charge is -2.21. The van der Waals surface area contributed by atoms with Crippen LogP contribution in [-0.2, 0) is 17.9 Å². The molecule has 0 atom stereocenters. The number of carbonyl (C=O) groups excluding carboxylic acids is 1. The van der Waals surface area contributed by atoms with Gasteiger partial charge in [0.2, 0.25) is 0 Å². The highest BCUT2D eigenvalue weighted by molar-refractivity contribution is 5.83. The van der Waals surface area contributed by atoms with Crippen molar-refractivity contribution >= 4 is 11.9 Å². The number of rotatable bonds is 9. The van der Waals surface area contributed by atoms with Gasteiger partial charge in [0, 0.05) is 12.7 Å². The third-order valence-corrected chi connectivity index (χ3v) is 5.23. The standard InChI is InChI=1S/C22H30N4O3/c27-21-24-20(25-22(28)29-17-19-10-5-2-6-11-19)12-15-26(21)14-7-13-23-16-18-8-3-1-4-9-18/h2,5-6,10-12,15,18,23H,1,3-4,7-9,13-14,16-17H2,(H,24,25,27,28). The van der Waals surface area contributed by atoms with Gasteiger partial charge >= 0.3 is 11.8 Å². The molecule has 0 radical (unpaired) electrons. The van der Waals surface area contributed by atoms with Gasteiger partial charge in [-0.15, -0.1) is 0 Å². The number of aryl methyl sites for hydroxylation is 1. The first-order chi connectivity index (χ1) is 14.2. The molecule has 7 nitrogen and oxygen atoms in total. The Kier molecular flexibility index (Phi) is 8.25. The SMILES string of the molecule is O=C(Nc1ccn(CCCNCC2CCCCC2)c(=O)n1)OCc1ccccc1. The molecule has 156 valence electrons. The van der Waals surface area contributed by atoms with Crippen LogP contribution in [0.3, 0.4) is 0 Å². The Morgan fingerprint density at radius 1 is 1.14 bits per heavy atom. The van der Waals surface area contributed by atoms with Crippen LogP contribution in [0.2, 0.25) is 0 Å². The molecular formula is C22H30N4O3. The number of nitrogens with zero attached hydrogens (tertiary/aromatic N) is 2. The summed E-state index contributed by atoms with van der Waals surface area (Å²) < 4.78 is 6.70. The van der Waals surface area contributed by atoms with Gasteiger partial charge in [-0.2, -0.15) is 4.98 Å². The van der Waals surface area contributed by atoms with Crippen LogP contribution in [0.5, 0.6) is 0 Å². The minimum absolute atomic E-state index is 0.164. The number of aromatic nitrogens is 2. The second-order valence-corrected chi connectivity index (χ2v) is 7.54. The van der Waals surface area contributed by atoms with Gasteiger partial charge in [0.25, 0.3) is 0 Å². The van der Waals surface area contributed by atoms with Crippen molar-refractivity contribution in [3.63, 3.8) is 0 Å². The first-order valence-electron chi connectivity index (χ1n) is 10.5. The molecule has 1 aromatic carbocycles. The highest BCUT2D eigenvalue weighted by atomic mass is 16.5. The zero-order chi connectivity index (χ0) is 20.3. The van der Waals surface area contributed by atoms with Gasteiger partial charge in [-0.1, -0.05) is 49.6 Å². The summed E-state index contributed by atoms with van der Waals surface area (Å²) in [6, 6.07) is 11.0. The van der Waals surface area contributed by atoms with Crippen LogP contribution >= 0.6 is 0 Å². The molecule has 2 aromatic rings. The van der Waals surface area contributed by atoms with E-state index in [0.717, 1.165) is 31.0 Å². The summed E-state index contributed by atoms with van der Waals surface area (Å²) in [7, 11) is 0. The number of ether oxygens (including phenoxy) is 1. The first kappa shape index (κ1) is 21.0. The second-order valence-electron chi connectivity index (χ2n) is 7.54. The number of nitrogens with one attached hydrogen (secondary N) is 2. The minimum Gasteiger partial charge on any atom is -0.444 e. The fourth-order valence-corrected chi connectivity index (χ4v) is 3.60. The summed E-state index contributed by atoms with van der Waals surface area (Å²) in [6.45, 7) is 2.72. The van der Waals surface area contributed by atoms with Gasteiger partial charge in [0.15, 0.2) is 0 Å². The molecule has 1 amide bonds. The van der Waals surface area contributed by atoms with E-state index in [1.54, 1.807) is 16.8 Å². The summed E-state index contributed by atoms with van der Waals surface area (Å²) in [6.07, 6.45) is 8.63. The summed E-state index contributed by atoms with van der Waals surface area (Å²) in [5, 5.41) is 6.00. The van der Waals surface area contributed by atoms with Gasteiger partial charge in [-0.05, 0) is 49.9 Å². The second kappa shape index (κ2) is 11.4. The van der Waals surface area contributed by atoms with Crippen molar-refractivity contribution in [3.8, 4) is 0 Å². The topological polar surface area (TPSA) is 85.3 Å². The molecule has 1 fully saturated rings. The Balaban J connectivity index is 1.36. The van der Waals surface area contributed by atoms with E-state index in [9.17, 15) is 9.59 Å². The molecule has 0 unspecified atom stereocenters. The Labute approximate surface area is 171 Å². The molecule has 1 heterocycles. The number of benzene rings is 1. The molecule has 0 aliphatic heterocycles. The molecule has 3 rings (SSSR count). The average Bonchev–Trinajstić information content (AvgIpc) is 2.75. The Hall–Kier alpha value is -2.67. The molecule has 1 aliphatic carbocycles. The van der Waals surface area contributed by atoms with Crippen LogP contribution in [0.4, 0.5) is 10.6 Å². The Bertz CT molecular complexity index is 816. The third kappa shape index (κ3) is 7.34. The monoisotopic (exact) mass is 398 g/mol. The van der Waals surface area contributed by atoms with Crippen molar-refractivity contribution in [2.24, 2.45) is 5.92 Å². The molecule has 1 aromatic heterocycles. The van der Waals surface area contributed by atoms with Gasteiger partial charge < -0.3 is 10.1 Å². The van der Waals surface area contributed by atoms with Crippen molar-refractivity contribution in [2.75, 3.05) is 18.4 Å². The van der Waals surface area contributed by atoms with Crippen LogP contribution in [-0.4, -0.2) is 28.7 Å². The maximum atomic E-state index is 12.2. The van der Waals surface area contributed by atoms with E-state index >= 15 is 0 Å². The Morgan fingerprint density at radius 2 is 1.93 bits per heavy atom. The summed E-state index contributed by atoms with van der Waals surface area (Å²) in [5.41, 5.74) is 0.515. The lowest BCUT2D eigenvalue weighted by Crippen LogP contribution is -2.28. The zero-order valence-electron chi connectivity index (χ0n) is 16.8. The maximum Gasteiger partial charge on any atom is 0.413 e. The minimum atomic E-state index is -0.634. The zero-order valence-corrected chi connectivity index (χ0v) is 16.8. The van der Waals surface area contributed by atoms with Crippen molar-refractivity contribution in [3.05, 3.63) is 58.6 Å². The van der Waals surface area contributed by atoms with E-state index in [0.29, 0.717) is 6.54 Å². The molecule has 0 bridgehead atoms. The number of hydrogen-bond acceptors (Lipinski definition) is 5. The first-order valence-corrected chi connectivity index (χ1v) is 10.5. The molecular weight excluding hydrogens is 368 g/mol. The Morgan fingerprint density at radius 3 is 2.69 bits per heavy atom. The quantitative estimate of drug-likeness (QED) is 0.631. The lowest BCUT2D eigenvalue weighted by molar-refractivity contribution is 0.155. The lowest BCUT2D eigenvalue weighted by atomic mass is 9.89. The van der Waals surface area contributed by atoms with Gasteiger partial charge in [0.1, 0.15) is 12.4 Å². The van der Waals surface area contributed by atoms with Crippen molar-refractivity contribution in [1.82, 2.24) is 14.9 Å². The van der Waals surface area contributed by atoms with Crippen molar-refractivity contribution in [2.45, 2.75) is 51.7 Å². The van der Waals surface area contributed by atoms with Crippen LogP contribution in [0.25, 0.3) is 0 Å². The van der Waals surface area contributed by atoms with Gasteiger partial charge in [-0.3, -0.25) is 9.88 Å². The van der Waals surface area contributed by atoms with E-state index in [1.165, 1.54) is 32.1 Å². The number of carbonyl (C=O) groups is 1. The van der Waals surface area contributed by atoms with E-state index in [1.807, 2.05) is 30.3 Å². The average molecular weight is 399 g/mol. The van der Waals surface area contributed by atoms with Crippen molar-refractivity contribution < 1.29 is 9.53 Å². The smallest absolute Gasteiger partial charge is 0.413 e. The molecule has 0 saturated heterocycles. The maximum absolute atomic E-state index is 12.2. The predicted octanol–water partition coefficient (Wildman–Crippen LogP) is 3.55. The van der Waals surface area contributed by atoms with E-state index in [-0.39, 0.29) is 18.1 Å². The molecule has 0 spiro atoms. The fourth-order valence-electron chi connectivity index (χ4n) is 3.60. The molecule has 2 N–H and O–H groups in total. The van der Waals surface area contributed by atoms with Crippen molar-refractivity contribution in [1.29, 1.82) is 0 Å². The molecule has 1 aliphatic rings. The summed E-state index contributed by atoms with van der Waals surface area (Å²) >= 11 is 0. The van der Waals surface area contributed by atoms with Crippen LogP contribution < -0.4 is 16.3 Å². The van der Waals surface area contributed by atoms with Gasteiger partial charge in [0.05, 0.1) is 0 Å². The number of hydrogen-bond donors (Lipinski definition) is 2. The molecule has 1 saturated carbocycles. The highest BCUT2D eigenvalue weighted by Crippen LogP contribution is 2.22. The van der Waals surface area contributed by atoms with E-state index in [4.69, 9.17) is 4.74 Å². The number of anilines is 1. The number of amides is 1. The normalized spacial score (nSPS) is 14.5. The third-order valence-electron chi connectivity index (χ3n) is 5.23. The van der Waals surface area contributed by atoms with Crippen LogP contribution in [0.1, 0.15) is 44.1 Å². The summed E-state index contributed by atoms with van der Waals surface area (Å²) in [5.74, 6) is 1.000. The predicted molar refractivity (Wildman–Crippen MR) is 113 cm³/mol. The largest absolute Gasteiger partial charge is 0.444 e. The van der Waals surface area contributed by atoms with Crippen LogP contribution in [0, 0.1) is 5.92 Å². The molecule has 7 heteroatoms. The fraction of sp³-hybridized carbons (Fsp3) is 0.500. The summed E-state index contributed by atoms with van der Waals surface area (Å²) in [4.78, 5) is 27.9. The van der Waals surface area contributed by atoms with E-state index in [2.05, 4.69) is 15.6 Å².